The van der Waals surface area contributed by atoms with Crippen LogP contribution in [0.1, 0.15) is 6.92 Å². The molecule has 1 radical (unpaired) electrons. The van der Waals surface area contributed by atoms with E-state index in [4.69, 9.17) is 4.74 Å². The van der Waals surface area contributed by atoms with Gasteiger partial charge < -0.3 is 4.74 Å². The number of hydrogen-bond donors (Lipinski definition) is 0. The summed E-state index contributed by atoms with van der Waals surface area (Å²) in [5, 5.41) is 0. The fourth-order valence-electron chi connectivity index (χ4n) is 2.52. The first kappa shape index (κ1) is 14.4. The molecule has 0 aliphatic carbocycles. The third-order valence-corrected chi connectivity index (χ3v) is 3.43. The first-order chi connectivity index (χ1) is 9.63. The molecule has 1 aromatic heterocycles. The van der Waals surface area contributed by atoms with E-state index in [-0.39, 0.29) is 12.7 Å². The highest BCUT2D eigenvalue weighted by atomic mass is 16.5. The van der Waals surface area contributed by atoms with Crippen molar-refractivity contribution in [3.63, 3.8) is 0 Å². The van der Waals surface area contributed by atoms with E-state index < -0.39 is 0 Å². The van der Waals surface area contributed by atoms with Crippen molar-refractivity contribution >= 4 is 23.9 Å². The van der Waals surface area contributed by atoms with Crippen LogP contribution >= 0.6 is 0 Å². The highest BCUT2D eigenvalue weighted by Gasteiger charge is 2.18. The molecule has 0 unspecified atom stereocenters. The number of benzene rings is 1. The summed E-state index contributed by atoms with van der Waals surface area (Å²) >= 11 is 0. The molecule has 1 heterocycles. The molecule has 0 saturated carbocycles. The van der Waals surface area contributed by atoms with Crippen molar-refractivity contribution < 1.29 is 14.1 Å². The minimum atomic E-state index is -0.164. The van der Waals surface area contributed by atoms with Gasteiger partial charge in [0, 0.05) is 12.4 Å². The van der Waals surface area contributed by atoms with Gasteiger partial charge >= 0.3 is 0 Å². The molecule has 2 aromatic rings. The average molecular weight is 271 g/mol. The molecular formula is C15H20BN2O2. The summed E-state index contributed by atoms with van der Waals surface area (Å²) in [5.74, 6) is -0.164. The molecule has 0 aliphatic heterocycles. The minimum absolute atomic E-state index is 0.000231. The molecule has 105 valence electrons. The highest BCUT2D eigenvalue weighted by molar-refractivity contribution is 6.85. The number of hydrogen-bond acceptors (Lipinski definition) is 2. The van der Waals surface area contributed by atoms with E-state index in [1.54, 1.807) is 0 Å². The number of esters is 1. The second-order valence-corrected chi connectivity index (χ2v) is 4.85. The Morgan fingerprint density at radius 1 is 1.35 bits per heavy atom. The van der Waals surface area contributed by atoms with Crippen LogP contribution in [0.3, 0.4) is 0 Å². The van der Waals surface area contributed by atoms with Crippen molar-refractivity contribution in [3.8, 4) is 0 Å². The molecule has 0 spiro atoms. The van der Waals surface area contributed by atoms with E-state index in [0.29, 0.717) is 12.9 Å². The molecule has 0 amide bonds. The van der Waals surface area contributed by atoms with Gasteiger partial charge in [-0.15, -0.1) is 0 Å². The van der Waals surface area contributed by atoms with Crippen LogP contribution in [0.15, 0.2) is 42.7 Å². The summed E-state index contributed by atoms with van der Waals surface area (Å²) in [6, 6.07) is 10.1. The average Bonchev–Trinajstić information content (AvgIpc) is 2.77. The van der Waals surface area contributed by atoms with Gasteiger partial charge in [-0.25, -0.2) is 5.46 Å². The quantitative estimate of drug-likeness (QED) is 0.436. The van der Waals surface area contributed by atoms with Gasteiger partial charge in [-0.2, -0.15) is 0 Å². The van der Waals surface area contributed by atoms with Gasteiger partial charge in [-0.3, -0.25) is 13.9 Å². The van der Waals surface area contributed by atoms with Crippen molar-refractivity contribution in [2.75, 3.05) is 6.61 Å². The maximum Gasteiger partial charge on any atom is 0.268 e. The molecule has 0 saturated heterocycles. The maximum atomic E-state index is 11.9. The summed E-state index contributed by atoms with van der Waals surface area (Å²) in [4.78, 5) is 11.9. The van der Waals surface area contributed by atoms with Gasteiger partial charge in [0.15, 0.2) is 0 Å². The lowest BCUT2D eigenvalue weighted by atomic mass is 9.41. The fraction of sp³-hybridized carbons (Fsp3) is 0.333. The van der Waals surface area contributed by atoms with Gasteiger partial charge in [-0.05, 0) is 6.92 Å². The molecule has 4 nitrogen and oxygen atoms in total. The minimum Gasteiger partial charge on any atom is -0.468 e. The van der Waals surface area contributed by atoms with E-state index in [1.165, 1.54) is 0 Å². The van der Waals surface area contributed by atoms with Crippen LogP contribution in [-0.2, 0) is 23.6 Å². The van der Waals surface area contributed by atoms with Crippen molar-refractivity contribution in [3.05, 3.63) is 42.7 Å². The highest BCUT2D eigenvalue weighted by Crippen LogP contribution is 1.98. The van der Waals surface area contributed by atoms with Gasteiger partial charge in [0.05, 0.1) is 20.7 Å². The first-order valence-corrected chi connectivity index (χ1v) is 6.85. The number of imidazole rings is 1. The zero-order valence-electron chi connectivity index (χ0n) is 12.2. The molecular weight excluding hydrogens is 251 g/mol. The molecule has 0 N–H and O–H groups in total. The van der Waals surface area contributed by atoms with Crippen LogP contribution in [0.4, 0.5) is 0 Å². The molecule has 5 heteroatoms. The number of rotatable bonds is 5. The number of aromatic nitrogens is 2. The van der Waals surface area contributed by atoms with E-state index in [0.717, 1.165) is 11.2 Å². The Bertz CT molecular complexity index is 561. The Kier molecular flexibility index (Phi) is 4.61. The Labute approximate surface area is 120 Å². The molecule has 0 aliphatic rings. The number of carbonyl (C=O) groups is 1. The number of aryl methyl sites for hydroxylation is 2. The molecule has 1 aromatic carbocycles. The van der Waals surface area contributed by atoms with Crippen LogP contribution in [-0.4, -0.2) is 23.9 Å². The van der Waals surface area contributed by atoms with Crippen LogP contribution in [0, 0.1) is 0 Å². The molecule has 2 rings (SSSR count). The molecule has 20 heavy (non-hydrogen) atoms. The third-order valence-electron chi connectivity index (χ3n) is 3.43. The van der Waals surface area contributed by atoms with E-state index in [2.05, 4.69) is 21.3 Å². The molecule has 0 fully saturated rings. The maximum absolute atomic E-state index is 11.9. The standard InChI is InChI=1S/C15H20BN2O2/c1-4-20-14(19)12-16(13-8-6-5-7-9-13)15-17(2)10-11-18(15)3/h5-11H,4,12H2,1-3H3. The summed E-state index contributed by atoms with van der Waals surface area (Å²) in [7, 11) is 3.99. The first-order valence-electron chi connectivity index (χ1n) is 6.85. The fourth-order valence-corrected chi connectivity index (χ4v) is 2.52. The number of carbonyl (C=O) groups excluding carboxylic acids is 1. The third kappa shape index (κ3) is 3.10. The summed E-state index contributed by atoms with van der Waals surface area (Å²) in [5.41, 5.74) is 2.21. The van der Waals surface area contributed by atoms with Gasteiger partial charge in [-0.1, -0.05) is 36.7 Å². The Morgan fingerprint density at radius 2 is 2.05 bits per heavy atom. The van der Waals surface area contributed by atoms with Gasteiger partial charge in [0.2, 0.25) is 0 Å². The SMILES string of the molecule is CCOC(=O)C[B-](c1ccccc1)c1n(C)cc[n+]1C. The molecule has 0 bridgehead atoms. The van der Waals surface area contributed by atoms with Crippen molar-refractivity contribution in [1.82, 2.24) is 4.57 Å². The van der Waals surface area contributed by atoms with Crippen LogP contribution in [0.25, 0.3) is 0 Å². The van der Waals surface area contributed by atoms with Gasteiger partial charge in [0.1, 0.15) is 12.4 Å². The van der Waals surface area contributed by atoms with E-state index in [9.17, 15) is 4.79 Å². The van der Waals surface area contributed by atoms with Gasteiger partial charge in [0.25, 0.3) is 5.97 Å². The monoisotopic (exact) mass is 271 g/mol. The number of ether oxygens (including phenoxy) is 1. The largest absolute Gasteiger partial charge is 0.468 e. The van der Waals surface area contributed by atoms with Crippen molar-refractivity contribution in [2.45, 2.75) is 13.2 Å². The second-order valence-electron chi connectivity index (χ2n) is 4.85. The van der Waals surface area contributed by atoms with E-state index >= 15 is 0 Å². The topological polar surface area (TPSA) is 35.1 Å². The Morgan fingerprint density at radius 3 is 2.60 bits per heavy atom. The smallest absolute Gasteiger partial charge is 0.268 e. The second kappa shape index (κ2) is 6.41. The van der Waals surface area contributed by atoms with Crippen molar-refractivity contribution in [2.24, 2.45) is 14.1 Å². The lowest BCUT2D eigenvalue weighted by molar-refractivity contribution is -0.653. The molecule has 0 atom stereocenters. The number of nitrogens with zero attached hydrogens (tertiary/aromatic N) is 2. The summed E-state index contributed by atoms with van der Waals surface area (Å²) in [6.45, 7) is 2.25. The van der Waals surface area contributed by atoms with Crippen molar-refractivity contribution in [1.29, 1.82) is 0 Å². The lowest BCUT2D eigenvalue weighted by Crippen LogP contribution is -2.60. The predicted molar refractivity (Wildman–Crippen MR) is 79.5 cm³/mol. The van der Waals surface area contributed by atoms with Crippen LogP contribution in [0.2, 0.25) is 6.32 Å². The normalized spacial score (nSPS) is 10.8. The zero-order chi connectivity index (χ0) is 14.5. The zero-order valence-corrected chi connectivity index (χ0v) is 12.2. The van der Waals surface area contributed by atoms with Crippen LogP contribution < -0.4 is 15.8 Å². The summed E-state index contributed by atoms with van der Waals surface area (Å²) in [6.07, 6.45) is 4.34. The summed E-state index contributed by atoms with van der Waals surface area (Å²) < 4.78 is 9.22. The van der Waals surface area contributed by atoms with Crippen LogP contribution in [0.5, 0.6) is 0 Å². The lowest BCUT2D eigenvalue weighted by Gasteiger charge is -2.24. The van der Waals surface area contributed by atoms with E-state index in [1.807, 2.05) is 51.6 Å². The Balaban J connectivity index is 2.37. The Hall–Kier alpha value is -2.04. The predicted octanol–water partition coefficient (Wildman–Crippen LogP) is 0.0217.